The average molecular weight is 200 g/mol. The minimum atomic E-state index is 0.0411. The monoisotopic (exact) mass is 200 g/mol. The van der Waals surface area contributed by atoms with Crippen LogP contribution in [-0.2, 0) is 4.79 Å². The molecule has 1 saturated heterocycles. The number of carbonyl (C=O) groups excluding carboxylic acids is 1. The van der Waals surface area contributed by atoms with E-state index in [0.717, 1.165) is 19.5 Å². The minimum Gasteiger partial charge on any atom is -0.349 e. The van der Waals surface area contributed by atoms with Gasteiger partial charge in [0.25, 0.3) is 0 Å². The van der Waals surface area contributed by atoms with Gasteiger partial charge in [-0.3, -0.25) is 4.79 Å². The van der Waals surface area contributed by atoms with Crippen molar-refractivity contribution in [2.45, 2.75) is 32.6 Å². The van der Waals surface area contributed by atoms with E-state index in [9.17, 15) is 4.79 Å². The van der Waals surface area contributed by atoms with Crippen LogP contribution in [0.25, 0.3) is 0 Å². The van der Waals surface area contributed by atoms with Crippen LogP contribution in [0, 0.1) is 0 Å². The third kappa shape index (κ3) is 3.30. The lowest BCUT2D eigenvalue weighted by molar-refractivity contribution is -0.119. The van der Waals surface area contributed by atoms with Crippen LogP contribution in [0.1, 0.15) is 32.6 Å². The van der Waals surface area contributed by atoms with Crippen molar-refractivity contribution >= 4 is 23.2 Å². The highest BCUT2D eigenvalue weighted by molar-refractivity contribution is 7.80. The molecule has 1 rings (SSSR count). The number of likely N-dealkylation sites (tertiary alicyclic amines) is 1. The molecule has 3 nitrogen and oxygen atoms in total. The number of nitrogens with zero attached hydrogens (tertiary/aromatic N) is 1. The smallest absolute Gasteiger partial charge is 0.226 e. The van der Waals surface area contributed by atoms with E-state index in [1.807, 2.05) is 6.92 Å². The zero-order chi connectivity index (χ0) is 9.68. The zero-order valence-corrected chi connectivity index (χ0v) is 8.82. The molecule has 1 fully saturated rings. The van der Waals surface area contributed by atoms with Crippen LogP contribution >= 0.6 is 12.2 Å². The number of thiocarbonyl (C=S) groups is 1. The molecule has 1 aliphatic heterocycles. The Morgan fingerprint density at radius 3 is 2.62 bits per heavy atom. The normalized spacial score (nSPS) is 15.9. The molecule has 0 saturated carbocycles. The number of hydrogen-bond acceptors (Lipinski definition) is 2. The molecule has 0 aromatic heterocycles. The van der Waals surface area contributed by atoms with Gasteiger partial charge in [-0.05, 0) is 31.5 Å². The summed E-state index contributed by atoms with van der Waals surface area (Å²) in [6.45, 7) is 3.97. The van der Waals surface area contributed by atoms with Crippen molar-refractivity contribution in [2.24, 2.45) is 0 Å². The molecule has 74 valence electrons. The highest BCUT2D eigenvalue weighted by Crippen LogP contribution is 2.07. The van der Waals surface area contributed by atoms with E-state index in [1.165, 1.54) is 12.8 Å². The molecule has 0 bridgehead atoms. The van der Waals surface area contributed by atoms with Crippen LogP contribution < -0.4 is 5.32 Å². The van der Waals surface area contributed by atoms with E-state index >= 15 is 0 Å². The van der Waals surface area contributed by atoms with Crippen LogP contribution in [-0.4, -0.2) is 29.0 Å². The van der Waals surface area contributed by atoms with E-state index in [2.05, 4.69) is 10.2 Å². The van der Waals surface area contributed by atoms with Crippen molar-refractivity contribution in [2.75, 3.05) is 13.1 Å². The SMILES string of the molecule is CCCC(=O)NC(=S)N1CCCC1. The molecule has 0 atom stereocenters. The highest BCUT2D eigenvalue weighted by atomic mass is 32.1. The lowest BCUT2D eigenvalue weighted by Crippen LogP contribution is -2.40. The topological polar surface area (TPSA) is 32.3 Å². The van der Waals surface area contributed by atoms with Gasteiger partial charge in [-0.1, -0.05) is 6.92 Å². The van der Waals surface area contributed by atoms with E-state index in [1.54, 1.807) is 0 Å². The molecule has 0 spiro atoms. The third-order valence-corrected chi connectivity index (χ3v) is 2.48. The Kier molecular flexibility index (Phi) is 4.15. The first-order valence-electron chi connectivity index (χ1n) is 4.82. The van der Waals surface area contributed by atoms with Gasteiger partial charge in [0.1, 0.15) is 0 Å². The second-order valence-corrected chi connectivity index (χ2v) is 3.68. The molecule has 0 radical (unpaired) electrons. The van der Waals surface area contributed by atoms with Crippen LogP contribution in [0.15, 0.2) is 0 Å². The van der Waals surface area contributed by atoms with E-state index in [0.29, 0.717) is 11.5 Å². The Bertz CT molecular complexity index is 200. The van der Waals surface area contributed by atoms with Crippen molar-refractivity contribution < 1.29 is 4.79 Å². The number of rotatable bonds is 2. The van der Waals surface area contributed by atoms with Crippen molar-refractivity contribution in [1.82, 2.24) is 10.2 Å². The standard InChI is InChI=1S/C9H16N2OS/c1-2-5-8(12)10-9(13)11-6-3-4-7-11/h2-7H2,1H3,(H,10,12,13). The second kappa shape index (κ2) is 5.17. The van der Waals surface area contributed by atoms with E-state index < -0.39 is 0 Å². The average Bonchev–Trinajstić information content (AvgIpc) is 2.55. The largest absolute Gasteiger partial charge is 0.349 e. The predicted octanol–water partition coefficient (Wildman–Crippen LogP) is 1.28. The summed E-state index contributed by atoms with van der Waals surface area (Å²) in [5.74, 6) is 0.0411. The molecule has 4 heteroatoms. The van der Waals surface area contributed by atoms with Crippen molar-refractivity contribution in [3.8, 4) is 0 Å². The Hall–Kier alpha value is -0.640. The summed E-state index contributed by atoms with van der Waals surface area (Å²) < 4.78 is 0. The summed E-state index contributed by atoms with van der Waals surface area (Å²) in [6.07, 6.45) is 3.80. The van der Waals surface area contributed by atoms with Gasteiger partial charge in [0, 0.05) is 19.5 Å². The lowest BCUT2D eigenvalue weighted by Gasteiger charge is -2.18. The van der Waals surface area contributed by atoms with Gasteiger partial charge >= 0.3 is 0 Å². The summed E-state index contributed by atoms with van der Waals surface area (Å²) in [4.78, 5) is 13.2. The van der Waals surface area contributed by atoms with Gasteiger partial charge in [-0.2, -0.15) is 0 Å². The summed E-state index contributed by atoms with van der Waals surface area (Å²) in [6, 6.07) is 0. The fourth-order valence-electron chi connectivity index (χ4n) is 1.41. The molecule has 1 amide bonds. The number of amides is 1. The summed E-state index contributed by atoms with van der Waals surface area (Å²) in [7, 11) is 0. The Morgan fingerprint density at radius 1 is 1.46 bits per heavy atom. The van der Waals surface area contributed by atoms with Gasteiger partial charge in [0.2, 0.25) is 5.91 Å². The first-order chi connectivity index (χ1) is 6.24. The summed E-state index contributed by atoms with van der Waals surface area (Å²) in [5.41, 5.74) is 0. The molecule has 0 aromatic rings. The van der Waals surface area contributed by atoms with Gasteiger partial charge in [0.05, 0.1) is 0 Å². The molecule has 1 heterocycles. The summed E-state index contributed by atoms with van der Waals surface area (Å²) >= 11 is 5.10. The van der Waals surface area contributed by atoms with Gasteiger partial charge in [0.15, 0.2) is 5.11 Å². The van der Waals surface area contributed by atoms with E-state index in [4.69, 9.17) is 12.2 Å². The summed E-state index contributed by atoms with van der Waals surface area (Å²) in [5, 5.41) is 3.35. The maximum absolute atomic E-state index is 11.2. The van der Waals surface area contributed by atoms with Crippen molar-refractivity contribution in [3.05, 3.63) is 0 Å². The maximum Gasteiger partial charge on any atom is 0.226 e. The van der Waals surface area contributed by atoms with Gasteiger partial charge < -0.3 is 10.2 Å². The van der Waals surface area contributed by atoms with Gasteiger partial charge in [-0.15, -0.1) is 0 Å². The quantitative estimate of drug-likeness (QED) is 0.682. The first kappa shape index (κ1) is 10.4. The van der Waals surface area contributed by atoms with Crippen LogP contribution in [0.2, 0.25) is 0 Å². The molecule has 1 N–H and O–H groups in total. The lowest BCUT2D eigenvalue weighted by atomic mass is 10.3. The molecule has 1 aliphatic rings. The molecular weight excluding hydrogens is 184 g/mol. The molecule has 0 aromatic carbocycles. The number of carbonyl (C=O) groups is 1. The fraction of sp³-hybridized carbons (Fsp3) is 0.778. The Labute approximate surface area is 84.5 Å². The third-order valence-electron chi connectivity index (χ3n) is 2.12. The molecule has 13 heavy (non-hydrogen) atoms. The Morgan fingerprint density at radius 2 is 2.08 bits per heavy atom. The van der Waals surface area contributed by atoms with Crippen LogP contribution in [0.5, 0.6) is 0 Å². The predicted molar refractivity (Wildman–Crippen MR) is 56.5 cm³/mol. The Balaban J connectivity index is 2.27. The van der Waals surface area contributed by atoms with Crippen molar-refractivity contribution in [3.63, 3.8) is 0 Å². The van der Waals surface area contributed by atoms with Gasteiger partial charge in [-0.25, -0.2) is 0 Å². The number of hydrogen-bond donors (Lipinski definition) is 1. The second-order valence-electron chi connectivity index (χ2n) is 3.30. The van der Waals surface area contributed by atoms with E-state index in [-0.39, 0.29) is 5.91 Å². The zero-order valence-electron chi connectivity index (χ0n) is 8.01. The first-order valence-corrected chi connectivity index (χ1v) is 5.23. The number of nitrogens with one attached hydrogen (secondary N) is 1. The van der Waals surface area contributed by atoms with Crippen LogP contribution in [0.3, 0.4) is 0 Å². The minimum absolute atomic E-state index is 0.0411. The molecule has 0 unspecified atom stereocenters. The molecule has 0 aliphatic carbocycles. The molecular formula is C9H16N2OS. The fourth-order valence-corrected chi connectivity index (χ4v) is 1.70. The van der Waals surface area contributed by atoms with Crippen molar-refractivity contribution in [1.29, 1.82) is 0 Å². The maximum atomic E-state index is 11.2. The van der Waals surface area contributed by atoms with Crippen LogP contribution in [0.4, 0.5) is 0 Å². The highest BCUT2D eigenvalue weighted by Gasteiger charge is 2.15.